The molecule has 7 rings (SSSR count). The van der Waals surface area contributed by atoms with Gasteiger partial charge in [0, 0.05) is 34.5 Å². The third-order valence-electron chi connectivity index (χ3n) is 6.75. The summed E-state index contributed by atoms with van der Waals surface area (Å²) in [4.78, 5) is 10.1. The van der Waals surface area contributed by atoms with Crippen LogP contribution in [0.15, 0.2) is 97.2 Å². The molecule has 6 nitrogen and oxygen atoms in total. The van der Waals surface area contributed by atoms with Crippen molar-refractivity contribution in [2.75, 3.05) is 14.2 Å². The highest BCUT2D eigenvalue weighted by molar-refractivity contribution is 6.15. The highest BCUT2D eigenvalue weighted by atomic mass is 16.5. The summed E-state index contributed by atoms with van der Waals surface area (Å²) in [5, 5.41) is 3.23. The Balaban J connectivity index is 1.65. The van der Waals surface area contributed by atoms with E-state index in [9.17, 15) is 0 Å². The largest absolute Gasteiger partial charge is 0.497 e. The lowest BCUT2D eigenvalue weighted by Crippen LogP contribution is -1.99. The summed E-state index contributed by atoms with van der Waals surface area (Å²) in [7, 11) is 3.37. The Morgan fingerprint density at radius 3 is 1.94 bits per heavy atom. The van der Waals surface area contributed by atoms with Crippen LogP contribution in [0.5, 0.6) is 11.5 Å². The van der Waals surface area contributed by atoms with Crippen LogP contribution in [-0.2, 0) is 0 Å². The number of hydrogen-bond donors (Lipinski definition) is 0. The summed E-state index contributed by atoms with van der Waals surface area (Å²) in [5.41, 5.74) is 6.69. The van der Waals surface area contributed by atoms with E-state index in [0.29, 0.717) is 0 Å². The molecule has 6 heteroatoms. The van der Waals surface area contributed by atoms with Gasteiger partial charge in [0.1, 0.15) is 22.8 Å². The minimum absolute atomic E-state index is 0.790. The highest BCUT2D eigenvalue weighted by Gasteiger charge is 2.20. The highest BCUT2D eigenvalue weighted by Crippen LogP contribution is 2.37. The van der Waals surface area contributed by atoms with Crippen molar-refractivity contribution in [2.45, 2.75) is 0 Å². The predicted molar refractivity (Wildman–Crippen MR) is 144 cm³/mol. The van der Waals surface area contributed by atoms with Crippen molar-refractivity contribution in [2.24, 2.45) is 0 Å². The van der Waals surface area contributed by atoms with Gasteiger partial charge in [0.15, 0.2) is 0 Å². The molecule has 0 aliphatic carbocycles. The van der Waals surface area contributed by atoms with E-state index >= 15 is 0 Å². The molecular weight excluding hydrogens is 448 g/mol. The van der Waals surface area contributed by atoms with Crippen LogP contribution >= 0.6 is 0 Å². The molecule has 0 saturated heterocycles. The molecule has 174 valence electrons. The summed E-state index contributed by atoms with van der Waals surface area (Å²) in [6.45, 7) is 0. The Morgan fingerprint density at radius 2 is 1.22 bits per heavy atom. The molecule has 0 atom stereocenters. The first-order valence-electron chi connectivity index (χ1n) is 11.7. The van der Waals surface area contributed by atoms with Crippen molar-refractivity contribution in [3.63, 3.8) is 0 Å². The van der Waals surface area contributed by atoms with Gasteiger partial charge in [-0.25, -0.2) is 4.98 Å². The Bertz CT molecular complexity index is 1800. The molecule has 0 aliphatic heterocycles. The van der Waals surface area contributed by atoms with Crippen LogP contribution in [0.2, 0.25) is 0 Å². The van der Waals surface area contributed by atoms with E-state index in [1.54, 1.807) is 14.2 Å². The number of aromatic nitrogens is 4. The topological polar surface area (TPSA) is 54.1 Å². The first kappa shape index (κ1) is 20.5. The molecular formula is C30H22N4O2. The quantitative estimate of drug-likeness (QED) is 0.288. The molecule has 0 radical (unpaired) electrons. The second-order valence-electron chi connectivity index (χ2n) is 8.69. The SMILES string of the molecule is COc1cccc(-n2c3ccccc3c3cc4c5ncccc5n(-c5cccc(OC)c5)c4nc32)c1. The van der Waals surface area contributed by atoms with Gasteiger partial charge in [-0.05, 0) is 48.5 Å². The van der Waals surface area contributed by atoms with Crippen molar-refractivity contribution in [1.29, 1.82) is 0 Å². The summed E-state index contributed by atoms with van der Waals surface area (Å²) < 4.78 is 15.4. The molecule has 4 aromatic heterocycles. The molecule has 0 unspecified atom stereocenters. The fraction of sp³-hybridized carbons (Fsp3) is 0.0667. The third-order valence-corrected chi connectivity index (χ3v) is 6.75. The van der Waals surface area contributed by atoms with Crippen LogP contribution in [0, 0.1) is 0 Å². The Labute approximate surface area is 207 Å². The van der Waals surface area contributed by atoms with E-state index in [4.69, 9.17) is 19.4 Å². The van der Waals surface area contributed by atoms with Gasteiger partial charge < -0.3 is 9.47 Å². The first-order valence-corrected chi connectivity index (χ1v) is 11.7. The lowest BCUT2D eigenvalue weighted by molar-refractivity contribution is 0.414. The summed E-state index contributed by atoms with van der Waals surface area (Å²) in [6.07, 6.45) is 1.83. The zero-order valence-corrected chi connectivity index (χ0v) is 19.8. The summed E-state index contributed by atoms with van der Waals surface area (Å²) in [6, 6.07) is 30.8. The van der Waals surface area contributed by atoms with Gasteiger partial charge in [0.05, 0.1) is 42.1 Å². The van der Waals surface area contributed by atoms with Gasteiger partial charge in [-0.15, -0.1) is 0 Å². The monoisotopic (exact) mass is 470 g/mol. The third kappa shape index (κ3) is 2.91. The number of benzene rings is 3. The van der Waals surface area contributed by atoms with Crippen LogP contribution in [-0.4, -0.2) is 33.3 Å². The minimum atomic E-state index is 0.790. The molecule has 0 N–H and O–H groups in total. The molecule has 0 fully saturated rings. The number of ether oxygens (including phenoxy) is 2. The Hall–Kier alpha value is -4.84. The van der Waals surface area contributed by atoms with E-state index in [1.807, 2.05) is 48.7 Å². The van der Waals surface area contributed by atoms with Crippen molar-refractivity contribution < 1.29 is 9.47 Å². The first-order chi connectivity index (χ1) is 17.8. The van der Waals surface area contributed by atoms with E-state index in [1.165, 1.54) is 0 Å². The lowest BCUT2D eigenvalue weighted by Gasteiger charge is -2.10. The van der Waals surface area contributed by atoms with Crippen LogP contribution < -0.4 is 9.47 Å². The van der Waals surface area contributed by atoms with Crippen molar-refractivity contribution in [1.82, 2.24) is 19.1 Å². The van der Waals surface area contributed by atoms with E-state index in [0.717, 1.165) is 66.9 Å². The second kappa shape index (κ2) is 7.85. The maximum absolute atomic E-state index is 5.53. The zero-order chi connectivity index (χ0) is 24.2. The van der Waals surface area contributed by atoms with Crippen molar-refractivity contribution in [3.05, 3.63) is 97.2 Å². The Kier molecular flexibility index (Phi) is 4.48. The molecule has 0 spiro atoms. The fourth-order valence-corrected chi connectivity index (χ4v) is 5.14. The normalized spacial score (nSPS) is 11.6. The van der Waals surface area contributed by atoms with Crippen molar-refractivity contribution in [3.8, 4) is 22.9 Å². The molecule has 0 amide bonds. The number of nitrogens with zero attached hydrogens (tertiary/aromatic N) is 4. The van der Waals surface area contributed by atoms with Crippen LogP contribution in [0.1, 0.15) is 0 Å². The zero-order valence-electron chi connectivity index (χ0n) is 19.8. The van der Waals surface area contributed by atoms with E-state index < -0.39 is 0 Å². The number of pyridine rings is 2. The van der Waals surface area contributed by atoms with E-state index in [2.05, 4.69) is 57.7 Å². The second-order valence-corrected chi connectivity index (χ2v) is 8.69. The molecule has 4 heterocycles. The number of methoxy groups -OCH3 is 2. The molecule has 0 bridgehead atoms. The smallest absolute Gasteiger partial charge is 0.149 e. The maximum atomic E-state index is 5.53. The molecule has 7 aromatic rings. The van der Waals surface area contributed by atoms with Gasteiger partial charge in [0.25, 0.3) is 0 Å². The number of fused-ring (bicyclic) bond motifs is 6. The van der Waals surface area contributed by atoms with E-state index in [-0.39, 0.29) is 0 Å². The minimum Gasteiger partial charge on any atom is -0.497 e. The molecule has 0 aliphatic rings. The van der Waals surface area contributed by atoms with Crippen LogP contribution in [0.25, 0.3) is 55.4 Å². The Morgan fingerprint density at radius 1 is 0.583 bits per heavy atom. The number of rotatable bonds is 4. The van der Waals surface area contributed by atoms with Gasteiger partial charge >= 0.3 is 0 Å². The number of hydrogen-bond acceptors (Lipinski definition) is 4. The van der Waals surface area contributed by atoms with Gasteiger partial charge in [-0.3, -0.25) is 14.1 Å². The average Bonchev–Trinajstić information content (AvgIpc) is 3.44. The molecule has 3 aromatic carbocycles. The lowest BCUT2D eigenvalue weighted by atomic mass is 10.1. The standard InChI is InChI=1S/C30H22N4O2/c1-35-21-10-5-8-19(16-21)33-26-13-4-3-12-23(26)24-18-25-28-27(14-7-15-31-28)34(30(25)32-29(24)33)20-9-6-11-22(17-20)36-2/h3-18H,1-2H3. The fourth-order valence-electron chi connectivity index (χ4n) is 5.14. The van der Waals surface area contributed by atoms with Crippen molar-refractivity contribution >= 4 is 44.0 Å². The van der Waals surface area contributed by atoms with Gasteiger partial charge in [0.2, 0.25) is 0 Å². The maximum Gasteiger partial charge on any atom is 0.149 e. The molecule has 36 heavy (non-hydrogen) atoms. The average molecular weight is 471 g/mol. The van der Waals surface area contributed by atoms with Gasteiger partial charge in [-0.1, -0.05) is 30.3 Å². The van der Waals surface area contributed by atoms with Crippen LogP contribution in [0.3, 0.4) is 0 Å². The van der Waals surface area contributed by atoms with Crippen LogP contribution in [0.4, 0.5) is 0 Å². The summed E-state index contributed by atoms with van der Waals surface area (Å²) >= 11 is 0. The molecule has 0 saturated carbocycles. The number of para-hydroxylation sites is 1. The van der Waals surface area contributed by atoms with Gasteiger partial charge in [-0.2, -0.15) is 0 Å². The summed E-state index contributed by atoms with van der Waals surface area (Å²) in [5.74, 6) is 1.59. The predicted octanol–water partition coefficient (Wildman–Crippen LogP) is 6.69.